The second-order valence-electron chi connectivity index (χ2n) is 6.82. The summed E-state index contributed by atoms with van der Waals surface area (Å²) in [6.45, 7) is 12.2. The van der Waals surface area contributed by atoms with Gasteiger partial charge in [-0.1, -0.05) is 31.2 Å². The largest absolute Gasteiger partial charge is 0.481 e. The number of carbonyl (C=O) groups excluding carboxylic acids is 1. The summed E-state index contributed by atoms with van der Waals surface area (Å²) in [5.74, 6) is 0.633. The Morgan fingerprint density at radius 2 is 1.56 bits per heavy atom. The zero-order valence-corrected chi connectivity index (χ0v) is 16.1. The van der Waals surface area contributed by atoms with Crippen LogP contribution in [0.5, 0.6) is 5.75 Å². The topological polar surface area (TPSA) is 38.3 Å². The molecule has 2 aromatic carbocycles. The Morgan fingerprint density at radius 3 is 2.12 bits per heavy atom. The van der Waals surface area contributed by atoms with E-state index in [-0.39, 0.29) is 11.9 Å². The van der Waals surface area contributed by atoms with E-state index in [1.165, 1.54) is 16.7 Å². The van der Waals surface area contributed by atoms with Crippen LogP contribution in [0.3, 0.4) is 0 Å². The lowest BCUT2D eigenvalue weighted by Crippen LogP contribution is -2.38. The quantitative estimate of drug-likeness (QED) is 0.808. The van der Waals surface area contributed by atoms with Crippen molar-refractivity contribution in [2.45, 2.75) is 60.1 Å². The molecule has 0 aromatic heterocycles. The molecule has 2 aromatic rings. The molecule has 0 aliphatic carbocycles. The molecule has 2 rings (SSSR count). The number of amides is 1. The summed E-state index contributed by atoms with van der Waals surface area (Å²) >= 11 is 0. The Labute approximate surface area is 151 Å². The first-order valence-corrected chi connectivity index (χ1v) is 8.93. The van der Waals surface area contributed by atoms with Crippen molar-refractivity contribution in [3.63, 3.8) is 0 Å². The molecule has 1 N–H and O–H groups in total. The van der Waals surface area contributed by atoms with Gasteiger partial charge in [0, 0.05) is 0 Å². The van der Waals surface area contributed by atoms with Crippen molar-refractivity contribution in [1.29, 1.82) is 0 Å². The second-order valence-corrected chi connectivity index (χ2v) is 6.82. The van der Waals surface area contributed by atoms with E-state index >= 15 is 0 Å². The predicted molar refractivity (Wildman–Crippen MR) is 103 cm³/mol. The first-order valence-electron chi connectivity index (χ1n) is 8.93. The maximum Gasteiger partial charge on any atom is 0.261 e. The molecule has 25 heavy (non-hydrogen) atoms. The van der Waals surface area contributed by atoms with Gasteiger partial charge < -0.3 is 10.1 Å². The Kier molecular flexibility index (Phi) is 6.24. The Bertz CT molecular complexity index is 752. The van der Waals surface area contributed by atoms with E-state index in [0.717, 1.165) is 23.3 Å². The van der Waals surface area contributed by atoms with E-state index in [1.807, 2.05) is 25.1 Å². The molecule has 0 radical (unpaired) electrons. The van der Waals surface area contributed by atoms with E-state index in [2.05, 4.69) is 51.2 Å². The number of ether oxygens (including phenoxy) is 1. The zero-order valence-electron chi connectivity index (χ0n) is 16.1. The SMILES string of the molecule is CC[C@@H](NC(=O)[C@@H](C)Oc1ccc(C)c(C)c1)c1ccc(C)c(C)c1. The Hall–Kier alpha value is -2.29. The van der Waals surface area contributed by atoms with Gasteiger partial charge in [0.1, 0.15) is 5.75 Å². The zero-order chi connectivity index (χ0) is 18.6. The van der Waals surface area contributed by atoms with Crippen molar-refractivity contribution >= 4 is 5.91 Å². The first kappa shape index (κ1) is 19.0. The van der Waals surface area contributed by atoms with Crippen LogP contribution in [-0.4, -0.2) is 12.0 Å². The van der Waals surface area contributed by atoms with E-state index < -0.39 is 6.10 Å². The van der Waals surface area contributed by atoms with Gasteiger partial charge in [-0.15, -0.1) is 0 Å². The van der Waals surface area contributed by atoms with Crippen molar-refractivity contribution in [1.82, 2.24) is 5.32 Å². The van der Waals surface area contributed by atoms with Gasteiger partial charge in [0.25, 0.3) is 5.91 Å². The maximum atomic E-state index is 12.6. The molecule has 134 valence electrons. The van der Waals surface area contributed by atoms with Crippen LogP contribution in [-0.2, 0) is 4.79 Å². The average molecular weight is 339 g/mol. The van der Waals surface area contributed by atoms with Crippen LogP contribution in [0.25, 0.3) is 0 Å². The van der Waals surface area contributed by atoms with E-state index in [9.17, 15) is 4.79 Å². The lowest BCUT2D eigenvalue weighted by atomic mass is 9.99. The number of rotatable bonds is 6. The highest BCUT2D eigenvalue weighted by Gasteiger charge is 2.19. The Morgan fingerprint density at radius 1 is 0.960 bits per heavy atom. The molecule has 0 aliphatic rings. The Balaban J connectivity index is 2.05. The lowest BCUT2D eigenvalue weighted by Gasteiger charge is -2.22. The van der Waals surface area contributed by atoms with Gasteiger partial charge in [-0.25, -0.2) is 0 Å². The molecule has 1 amide bonds. The smallest absolute Gasteiger partial charge is 0.261 e. The fraction of sp³-hybridized carbons (Fsp3) is 0.409. The number of hydrogen-bond acceptors (Lipinski definition) is 2. The van der Waals surface area contributed by atoms with Gasteiger partial charge in [0.15, 0.2) is 6.10 Å². The molecule has 2 atom stereocenters. The minimum Gasteiger partial charge on any atom is -0.481 e. The highest BCUT2D eigenvalue weighted by atomic mass is 16.5. The highest BCUT2D eigenvalue weighted by Crippen LogP contribution is 2.21. The summed E-state index contributed by atoms with van der Waals surface area (Å²) in [5.41, 5.74) is 6.01. The molecule has 0 fully saturated rings. The number of carbonyl (C=O) groups is 1. The lowest BCUT2D eigenvalue weighted by molar-refractivity contribution is -0.128. The van der Waals surface area contributed by atoms with Crippen LogP contribution in [0.4, 0.5) is 0 Å². The van der Waals surface area contributed by atoms with Gasteiger partial charge in [-0.05, 0) is 81.0 Å². The van der Waals surface area contributed by atoms with Crippen LogP contribution in [0.1, 0.15) is 54.1 Å². The third-order valence-electron chi connectivity index (χ3n) is 4.82. The highest BCUT2D eigenvalue weighted by molar-refractivity contribution is 5.81. The number of benzene rings is 2. The van der Waals surface area contributed by atoms with Crippen LogP contribution in [0.15, 0.2) is 36.4 Å². The number of aryl methyl sites for hydroxylation is 4. The van der Waals surface area contributed by atoms with E-state index in [0.29, 0.717) is 0 Å². The van der Waals surface area contributed by atoms with Crippen molar-refractivity contribution < 1.29 is 9.53 Å². The standard InChI is InChI=1S/C22H29NO2/c1-7-21(19-10-8-14(2)16(4)12-19)23-22(24)18(6)25-20-11-9-15(3)17(5)13-20/h8-13,18,21H,7H2,1-6H3,(H,23,24)/t18-,21-/m1/s1. The average Bonchev–Trinajstić information content (AvgIpc) is 2.58. The van der Waals surface area contributed by atoms with Crippen molar-refractivity contribution in [2.24, 2.45) is 0 Å². The predicted octanol–water partition coefficient (Wildman–Crippen LogP) is 4.96. The fourth-order valence-electron chi connectivity index (χ4n) is 2.74. The number of nitrogens with one attached hydrogen (secondary N) is 1. The van der Waals surface area contributed by atoms with Crippen molar-refractivity contribution in [2.75, 3.05) is 0 Å². The molecule has 0 heterocycles. The summed E-state index contributed by atoms with van der Waals surface area (Å²) in [4.78, 5) is 12.6. The summed E-state index contributed by atoms with van der Waals surface area (Å²) in [6, 6.07) is 12.2. The van der Waals surface area contributed by atoms with Crippen LogP contribution in [0, 0.1) is 27.7 Å². The molecular weight excluding hydrogens is 310 g/mol. The van der Waals surface area contributed by atoms with Crippen molar-refractivity contribution in [3.8, 4) is 5.75 Å². The molecule has 0 saturated carbocycles. The summed E-state index contributed by atoms with van der Waals surface area (Å²) in [7, 11) is 0. The molecule has 0 aliphatic heterocycles. The van der Waals surface area contributed by atoms with Gasteiger partial charge in [-0.2, -0.15) is 0 Å². The normalized spacial score (nSPS) is 13.2. The van der Waals surface area contributed by atoms with Crippen LogP contribution in [0.2, 0.25) is 0 Å². The first-order chi connectivity index (χ1) is 11.8. The molecule has 0 unspecified atom stereocenters. The third-order valence-corrected chi connectivity index (χ3v) is 4.82. The van der Waals surface area contributed by atoms with Gasteiger partial charge in [-0.3, -0.25) is 4.79 Å². The third kappa shape index (κ3) is 4.85. The van der Waals surface area contributed by atoms with E-state index in [1.54, 1.807) is 6.92 Å². The fourth-order valence-corrected chi connectivity index (χ4v) is 2.74. The number of hydrogen-bond donors (Lipinski definition) is 1. The molecule has 3 heteroatoms. The van der Waals surface area contributed by atoms with Gasteiger partial charge >= 0.3 is 0 Å². The minimum absolute atomic E-state index is 0.00222. The van der Waals surface area contributed by atoms with Gasteiger partial charge in [0.05, 0.1) is 6.04 Å². The molecule has 3 nitrogen and oxygen atoms in total. The molecule has 0 saturated heterocycles. The summed E-state index contributed by atoms with van der Waals surface area (Å²) in [5, 5.41) is 3.11. The maximum absolute atomic E-state index is 12.6. The monoisotopic (exact) mass is 339 g/mol. The molecular formula is C22H29NO2. The second kappa shape index (κ2) is 8.19. The summed E-state index contributed by atoms with van der Waals surface area (Å²) < 4.78 is 5.82. The van der Waals surface area contributed by atoms with Gasteiger partial charge in [0.2, 0.25) is 0 Å². The van der Waals surface area contributed by atoms with E-state index in [4.69, 9.17) is 4.74 Å². The summed E-state index contributed by atoms with van der Waals surface area (Å²) in [6.07, 6.45) is 0.299. The van der Waals surface area contributed by atoms with Crippen LogP contribution < -0.4 is 10.1 Å². The molecule has 0 spiro atoms. The van der Waals surface area contributed by atoms with Crippen molar-refractivity contribution in [3.05, 3.63) is 64.2 Å². The molecule has 0 bridgehead atoms. The minimum atomic E-state index is -0.539. The van der Waals surface area contributed by atoms with Crippen LogP contribution >= 0.6 is 0 Å².